The molecular weight excluding hydrogens is 335 g/mol. The Morgan fingerprint density at radius 3 is 3.00 bits per heavy atom. The van der Waals surface area contributed by atoms with Gasteiger partial charge in [0.15, 0.2) is 23.0 Å². The highest BCUT2D eigenvalue weighted by molar-refractivity contribution is 5.79. The summed E-state index contributed by atoms with van der Waals surface area (Å²) < 4.78 is 20.7. The summed E-state index contributed by atoms with van der Waals surface area (Å²) in [5.41, 5.74) is 1.39. The van der Waals surface area contributed by atoms with E-state index in [-0.39, 0.29) is 24.1 Å². The maximum atomic E-state index is 13.9. The predicted octanol–water partition coefficient (Wildman–Crippen LogP) is 2.78. The van der Waals surface area contributed by atoms with E-state index in [0.29, 0.717) is 12.1 Å². The smallest absolute Gasteiger partial charge is 0.227 e. The number of nitrogens with zero attached hydrogens (tertiary/aromatic N) is 4. The van der Waals surface area contributed by atoms with Crippen LogP contribution in [0.4, 0.5) is 4.39 Å². The van der Waals surface area contributed by atoms with E-state index in [4.69, 9.17) is 4.74 Å². The van der Waals surface area contributed by atoms with Gasteiger partial charge in [-0.2, -0.15) is 0 Å². The molecule has 7 heteroatoms. The lowest BCUT2D eigenvalue weighted by Crippen LogP contribution is -2.32. The van der Waals surface area contributed by atoms with Crippen molar-refractivity contribution >= 4 is 11.6 Å². The lowest BCUT2D eigenvalue weighted by Gasteiger charge is -2.23. The third-order valence-corrected chi connectivity index (χ3v) is 4.78. The van der Waals surface area contributed by atoms with Crippen molar-refractivity contribution in [1.29, 1.82) is 0 Å². The number of halogens is 1. The summed E-state index contributed by atoms with van der Waals surface area (Å²) in [4.78, 5) is 14.7. The van der Waals surface area contributed by atoms with Crippen molar-refractivity contribution < 1.29 is 13.9 Å². The SMILES string of the molecule is COc1ccc(CC(=O)N2CCC[C@@H]2c2nnc3ccccn23)cc1F. The number of pyridine rings is 1. The van der Waals surface area contributed by atoms with Crippen molar-refractivity contribution in [3.63, 3.8) is 0 Å². The number of carbonyl (C=O) groups is 1. The standard InChI is InChI=1S/C19H19FN4O2/c1-26-16-8-7-13(11-14(16)20)12-18(25)23-10-4-5-15(23)19-22-21-17-6-2-3-9-24(17)19/h2-3,6-9,11,15H,4-5,10,12H2,1H3/t15-/m1/s1. The molecule has 0 spiro atoms. The first-order chi connectivity index (χ1) is 12.7. The van der Waals surface area contributed by atoms with Gasteiger partial charge < -0.3 is 9.64 Å². The predicted molar refractivity (Wildman–Crippen MR) is 93.3 cm³/mol. The fraction of sp³-hybridized carbons (Fsp3) is 0.316. The number of ether oxygens (including phenoxy) is 1. The normalized spacial score (nSPS) is 17.0. The van der Waals surface area contributed by atoms with Gasteiger partial charge in [-0.25, -0.2) is 4.39 Å². The van der Waals surface area contributed by atoms with E-state index >= 15 is 0 Å². The van der Waals surface area contributed by atoms with E-state index in [9.17, 15) is 9.18 Å². The summed E-state index contributed by atoms with van der Waals surface area (Å²) in [5.74, 6) is 0.450. The van der Waals surface area contributed by atoms with Crippen LogP contribution in [0.1, 0.15) is 30.3 Å². The summed E-state index contributed by atoms with van der Waals surface area (Å²) >= 11 is 0. The highest BCUT2D eigenvalue weighted by Gasteiger charge is 2.33. The molecule has 1 aromatic carbocycles. The first-order valence-electron chi connectivity index (χ1n) is 8.59. The quantitative estimate of drug-likeness (QED) is 0.723. The van der Waals surface area contributed by atoms with Crippen LogP contribution in [-0.4, -0.2) is 39.1 Å². The summed E-state index contributed by atoms with van der Waals surface area (Å²) in [6.45, 7) is 0.671. The molecule has 1 aliphatic rings. The third kappa shape index (κ3) is 2.89. The molecule has 26 heavy (non-hydrogen) atoms. The Morgan fingerprint density at radius 2 is 2.19 bits per heavy atom. The molecule has 1 amide bonds. The molecule has 0 radical (unpaired) electrons. The number of methoxy groups -OCH3 is 1. The maximum Gasteiger partial charge on any atom is 0.227 e. The molecule has 3 aromatic rings. The van der Waals surface area contributed by atoms with Crippen molar-refractivity contribution in [2.24, 2.45) is 0 Å². The fourth-order valence-corrected chi connectivity index (χ4v) is 3.52. The molecule has 4 rings (SSSR count). The Bertz CT molecular complexity index is 956. The van der Waals surface area contributed by atoms with Crippen LogP contribution in [0.5, 0.6) is 5.75 Å². The molecule has 1 aliphatic heterocycles. The highest BCUT2D eigenvalue weighted by atomic mass is 19.1. The second-order valence-corrected chi connectivity index (χ2v) is 6.38. The number of amides is 1. The first kappa shape index (κ1) is 16.5. The number of fused-ring (bicyclic) bond motifs is 1. The van der Waals surface area contributed by atoms with Crippen molar-refractivity contribution in [3.8, 4) is 5.75 Å². The highest BCUT2D eigenvalue weighted by Crippen LogP contribution is 2.31. The van der Waals surface area contributed by atoms with Gasteiger partial charge in [0.1, 0.15) is 0 Å². The lowest BCUT2D eigenvalue weighted by molar-refractivity contribution is -0.131. The minimum Gasteiger partial charge on any atom is -0.494 e. The largest absolute Gasteiger partial charge is 0.494 e. The summed E-state index contributed by atoms with van der Waals surface area (Å²) in [6, 6.07) is 10.2. The van der Waals surface area contributed by atoms with Crippen LogP contribution in [0.15, 0.2) is 42.6 Å². The molecule has 134 valence electrons. The van der Waals surface area contributed by atoms with Gasteiger partial charge in [-0.1, -0.05) is 12.1 Å². The second kappa shape index (κ2) is 6.74. The van der Waals surface area contributed by atoms with E-state index in [1.165, 1.54) is 13.2 Å². The van der Waals surface area contributed by atoms with Crippen LogP contribution >= 0.6 is 0 Å². The Hall–Kier alpha value is -2.96. The average molecular weight is 354 g/mol. The first-order valence-corrected chi connectivity index (χ1v) is 8.59. The van der Waals surface area contributed by atoms with Gasteiger partial charge in [-0.3, -0.25) is 9.20 Å². The molecule has 0 N–H and O–H groups in total. The molecule has 3 heterocycles. The molecule has 0 aliphatic carbocycles. The van der Waals surface area contributed by atoms with Crippen LogP contribution in [0, 0.1) is 5.82 Å². The number of hydrogen-bond donors (Lipinski definition) is 0. The van der Waals surface area contributed by atoms with Crippen LogP contribution < -0.4 is 4.74 Å². The lowest BCUT2D eigenvalue weighted by atomic mass is 10.1. The van der Waals surface area contributed by atoms with E-state index in [1.54, 1.807) is 12.1 Å². The van der Waals surface area contributed by atoms with Gasteiger partial charge in [0, 0.05) is 12.7 Å². The number of benzene rings is 1. The van der Waals surface area contributed by atoms with Gasteiger partial charge in [0.05, 0.1) is 19.6 Å². The van der Waals surface area contributed by atoms with E-state index in [2.05, 4.69) is 10.2 Å². The Morgan fingerprint density at radius 1 is 1.31 bits per heavy atom. The number of carbonyl (C=O) groups excluding carboxylic acids is 1. The summed E-state index contributed by atoms with van der Waals surface area (Å²) in [7, 11) is 1.42. The van der Waals surface area contributed by atoms with Crippen LogP contribution in [0.2, 0.25) is 0 Å². The van der Waals surface area contributed by atoms with E-state index in [0.717, 1.165) is 24.3 Å². The van der Waals surface area contributed by atoms with Crippen molar-refractivity contribution in [2.45, 2.75) is 25.3 Å². The monoisotopic (exact) mass is 354 g/mol. The van der Waals surface area contributed by atoms with Gasteiger partial charge in [0.25, 0.3) is 0 Å². The maximum absolute atomic E-state index is 13.9. The Labute approximate surface area is 150 Å². The van der Waals surface area contributed by atoms with Gasteiger partial charge >= 0.3 is 0 Å². The minimum absolute atomic E-state index is 0.0373. The van der Waals surface area contributed by atoms with Gasteiger partial charge in [-0.15, -0.1) is 10.2 Å². The van der Waals surface area contributed by atoms with Crippen molar-refractivity contribution in [3.05, 3.63) is 59.8 Å². The second-order valence-electron chi connectivity index (χ2n) is 6.38. The molecule has 1 fully saturated rings. The van der Waals surface area contributed by atoms with Crippen LogP contribution in [-0.2, 0) is 11.2 Å². The summed E-state index contributed by atoms with van der Waals surface area (Å²) in [6.07, 6.45) is 3.81. The van der Waals surface area contributed by atoms with Crippen LogP contribution in [0.25, 0.3) is 5.65 Å². The molecule has 0 unspecified atom stereocenters. The van der Waals surface area contributed by atoms with Gasteiger partial charge in [-0.05, 0) is 42.7 Å². The van der Waals surface area contributed by atoms with Gasteiger partial charge in [0.2, 0.25) is 5.91 Å². The molecule has 1 saturated heterocycles. The van der Waals surface area contributed by atoms with E-state index < -0.39 is 5.82 Å². The number of hydrogen-bond acceptors (Lipinski definition) is 4. The molecule has 2 aromatic heterocycles. The third-order valence-electron chi connectivity index (χ3n) is 4.78. The van der Waals surface area contributed by atoms with Crippen molar-refractivity contribution in [2.75, 3.05) is 13.7 Å². The van der Waals surface area contributed by atoms with E-state index in [1.807, 2.05) is 33.7 Å². The Balaban J connectivity index is 1.56. The summed E-state index contributed by atoms with van der Waals surface area (Å²) in [5, 5.41) is 8.48. The van der Waals surface area contributed by atoms with Crippen molar-refractivity contribution in [1.82, 2.24) is 19.5 Å². The minimum atomic E-state index is -0.459. The van der Waals surface area contributed by atoms with Crippen LogP contribution in [0.3, 0.4) is 0 Å². The molecule has 1 atom stereocenters. The zero-order valence-electron chi connectivity index (χ0n) is 14.4. The Kier molecular flexibility index (Phi) is 4.28. The molecule has 0 bridgehead atoms. The number of rotatable bonds is 4. The zero-order chi connectivity index (χ0) is 18.1. The molecular formula is C19H19FN4O2. The number of likely N-dealkylation sites (tertiary alicyclic amines) is 1. The molecule has 6 nitrogen and oxygen atoms in total. The fourth-order valence-electron chi connectivity index (χ4n) is 3.52. The number of aromatic nitrogens is 3. The molecule has 0 saturated carbocycles. The topological polar surface area (TPSA) is 59.7 Å². The average Bonchev–Trinajstić information content (AvgIpc) is 3.28. The zero-order valence-corrected chi connectivity index (χ0v) is 14.4.